The summed E-state index contributed by atoms with van der Waals surface area (Å²) >= 11 is 0. The summed E-state index contributed by atoms with van der Waals surface area (Å²) in [5.41, 5.74) is -4.28. The van der Waals surface area contributed by atoms with Gasteiger partial charge in [-0.3, -0.25) is 9.59 Å². The van der Waals surface area contributed by atoms with Gasteiger partial charge in [0.1, 0.15) is 30.0 Å². The van der Waals surface area contributed by atoms with E-state index in [9.17, 15) is 43.5 Å². The smallest absolute Gasteiger partial charge is 0.311 e. The van der Waals surface area contributed by atoms with Crippen LogP contribution in [0.25, 0.3) is 0 Å². The van der Waals surface area contributed by atoms with Crippen LogP contribution >= 0.6 is 0 Å². The number of hydrogen-bond acceptors (Lipinski definition) is 16. The maximum atomic E-state index is 14.4. The molecule has 0 radical (unpaired) electrons. The molecule has 17 atom stereocenters. The lowest BCUT2D eigenvalue weighted by molar-refractivity contribution is -0.315. The summed E-state index contributed by atoms with van der Waals surface area (Å²) in [6.07, 6.45) is -11.1. The number of methoxy groups -OCH3 is 1. The number of nitrogens with one attached hydrogen (secondary N) is 2. The molecular weight excluding hydrogens is 855 g/mol. The van der Waals surface area contributed by atoms with Crippen LogP contribution in [0, 0.1) is 17.8 Å². The average Bonchev–Trinajstić information content (AvgIpc) is 3.19. The number of amides is 1. The number of aliphatic hydroxyl groups excluding tert-OH is 3. The molecule has 0 aromatic heterocycles. The molecule has 7 N–H and O–H groups in total. The van der Waals surface area contributed by atoms with Gasteiger partial charge in [-0.15, -0.1) is 0 Å². The van der Waals surface area contributed by atoms with Crippen LogP contribution in [0.5, 0.6) is 0 Å². The maximum absolute atomic E-state index is 14.4. The summed E-state index contributed by atoms with van der Waals surface area (Å²) in [5, 5.41) is 60.7. The number of sulfonamides is 1. The van der Waals surface area contributed by atoms with Crippen molar-refractivity contribution in [2.45, 2.75) is 204 Å². The number of hydrogen-bond donors (Lipinski definition) is 7. The van der Waals surface area contributed by atoms with Gasteiger partial charge in [0.2, 0.25) is 15.9 Å². The zero-order valence-corrected chi connectivity index (χ0v) is 41.3. The third-order valence-electron chi connectivity index (χ3n) is 12.9. The topological polar surface area (TPSA) is 252 Å². The minimum atomic E-state index is -4.21. The number of carbonyl (C=O) groups is 2. The van der Waals surface area contributed by atoms with Crippen LogP contribution in [0.4, 0.5) is 5.69 Å². The summed E-state index contributed by atoms with van der Waals surface area (Å²) < 4.78 is 67.2. The van der Waals surface area contributed by atoms with Crippen LogP contribution in [0.1, 0.15) is 109 Å². The van der Waals surface area contributed by atoms with Gasteiger partial charge in [0.25, 0.3) is 0 Å². The largest absolute Gasteiger partial charge is 0.459 e. The number of aliphatic hydroxyl groups is 5. The van der Waals surface area contributed by atoms with E-state index in [1.807, 2.05) is 13.8 Å². The number of ether oxygens (including phenoxy) is 6. The Labute approximate surface area is 380 Å². The molecular formula is C45H79N3O15S. The summed E-state index contributed by atoms with van der Waals surface area (Å²) in [4.78, 5) is 27.5. The molecule has 2 heterocycles. The Morgan fingerprint density at radius 1 is 1.02 bits per heavy atom. The average molecular weight is 934 g/mol. The Hall–Kier alpha value is -2.37. The SMILES string of the molecule is CC[C@@H](OC(=O)[C@H](C)[C@@H](O[C@H]1C[C@](C)(OC)[C@@H](O)[C@@H](C)O1)[C@H](C)[C@@H](O[C@H]1O[C@@H](C)C[C@@H](NS(=O)(=O)c2ccc(NC(C)=O)cc2)[C@@H]1O)[C@](C)(O)CC(C)C)[C@@](C)(O)[C@H](O)[C@@H](C)N(C)C. The first-order chi connectivity index (χ1) is 29.4. The highest BCUT2D eigenvalue weighted by Gasteiger charge is 2.52. The predicted molar refractivity (Wildman–Crippen MR) is 238 cm³/mol. The van der Waals surface area contributed by atoms with E-state index in [1.165, 1.54) is 45.2 Å². The first-order valence-corrected chi connectivity index (χ1v) is 23.8. The van der Waals surface area contributed by atoms with Crippen LogP contribution in [-0.2, 0) is 48.0 Å². The standard InChI is InChI=1S/C45H79N3O15S/c1-16-34(45(12,55)38(51)28(7)48(13)14)61-41(53)27(6)37(62-35-23-44(11,58-15)39(52)29(8)60-35)26(5)40(43(10,54)22-24(2)3)63-42-36(50)33(21-25(4)59-42)47-64(56,57)32-19-17-31(18-20-32)46-30(9)49/h17-20,24-29,33-40,42,47,50-52,54-55H,16,21-23H2,1-15H3,(H,46,49)/t25-,26-,27+,28+,29+,33+,34+,35-,36-,37-,38+,39-,40+,42+,43+,44-,45+/m0/s1. The van der Waals surface area contributed by atoms with Crippen LogP contribution in [0.3, 0.4) is 0 Å². The lowest BCUT2D eigenvalue weighted by Crippen LogP contribution is -2.61. The zero-order chi connectivity index (χ0) is 48.9. The minimum Gasteiger partial charge on any atom is -0.459 e. The van der Waals surface area contributed by atoms with Crippen molar-refractivity contribution in [1.29, 1.82) is 0 Å². The van der Waals surface area contributed by atoms with Crippen LogP contribution in [0.15, 0.2) is 29.2 Å². The summed E-state index contributed by atoms with van der Waals surface area (Å²) in [6.45, 7) is 19.9. The Morgan fingerprint density at radius 3 is 2.12 bits per heavy atom. The molecule has 1 aromatic rings. The molecule has 2 aliphatic rings. The molecule has 1 amide bonds. The number of nitrogens with zero attached hydrogens (tertiary/aromatic N) is 1. The molecule has 18 nitrogen and oxygen atoms in total. The van der Waals surface area contributed by atoms with Gasteiger partial charge in [-0.2, -0.15) is 0 Å². The van der Waals surface area contributed by atoms with Gasteiger partial charge >= 0.3 is 5.97 Å². The fraction of sp³-hybridized carbons (Fsp3) is 0.822. The first kappa shape index (κ1) is 56.0. The molecule has 0 bridgehead atoms. The molecule has 0 saturated carbocycles. The summed E-state index contributed by atoms with van der Waals surface area (Å²) in [6, 6.07) is 3.92. The van der Waals surface area contributed by atoms with Crippen LogP contribution in [0.2, 0.25) is 0 Å². The molecule has 0 spiro atoms. The second kappa shape index (κ2) is 22.6. The van der Waals surface area contributed by atoms with Gasteiger partial charge < -0.3 is 64.2 Å². The van der Waals surface area contributed by atoms with Gasteiger partial charge in [0, 0.05) is 38.1 Å². The highest BCUT2D eigenvalue weighted by molar-refractivity contribution is 7.89. The fourth-order valence-electron chi connectivity index (χ4n) is 8.99. The molecule has 64 heavy (non-hydrogen) atoms. The number of likely N-dealkylation sites (N-methyl/N-ethyl adjacent to an activating group) is 1. The predicted octanol–water partition coefficient (Wildman–Crippen LogP) is 2.91. The quantitative estimate of drug-likeness (QED) is 0.0826. The third-order valence-corrected chi connectivity index (χ3v) is 14.5. The molecule has 2 saturated heterocycles. The maximum Gasteiger partial charge on any atom is 0.311 e. The second-order valence-electron chi connectivity index (χ2n) is 19.4. The number of benzene rings is 1. The van der Waals surface area contributed by atoms with Crippen molar-refractivity contribution in [2.75, 3.05) is 26.5 Å². The van der Waals surface area contributed by atoms with E-state index < -0.39 is 118 Å². The fourth-order valence-corrected chi connectivity index (χ4v) is 10.3. The molecule has 0 unspecified atom stereocenters. The van der Waals surface area contributed by atoms with Gasteiger partial charge in [-0.1, -0.05) is 27.7 Å². The molecule has 1 aromatic carbocycles. The minimum absolute atomic E-state index is 0.0363. The summed E-state index contributed by atoms with van der Waals surface area (Å²) in [7, 11) is 0.754. The Kier molecular flexibility index (Phi) is 19.8. The van der Waals surface area contributed by atoms with E-state index in [2.05, 4.69) is 10.0 Å². The van der Waals surface area contributed by atoms with Crippen molar-refractivity contribution in [3.05, 3.63) is 24.3 Å². The van der Waals surface area contributed by atoms with Crippen molar-refractivity contribution in [3.8, 4) is 0 Å². The van der Waals surface area contributed by atoms with Crippen LogP contribution in [-0.4, -0.2) is 162 Å². The van der Waals surface area contributed by atoms with Crippen molar-refractivity contribution < 1.29 is 72.0 Å². The van der Waals surface area contributed by atoms with Gasteiger partial charge in [0.05, 0.1) is 52.5 Å². The van der Waals surface area contributed by atoms with E-state index in [-0.39, 0.29) is 42.4 Å². The van der Waals surface area contributed by atoms with Crippen molar-refractivity contribution in [2.24, 2.45) is 17.8 Å². The van der Waals surface area contributed by atoms with E-state index in [0.717, 1.165) is 0 Å². The number of anilines is 1. The first-order valence-electron chi connectivity index (χ1n) is 22.3. The van der Waals surface area contributed by atoms with E-state index in [1.54, 1.807) is 74.4 Å². The summed E-state index contributed by atoms with van der Waals surface area (Å²) in [5.74, 6) is -3.30. The van der Waals surface area contributed by atoms with Gasteiger partial charge in [0.15, 0.2) is 12.6 Å². The monoisotopic (exact) mass is 934 g/mol. The Balaban J connectivity index is 2.07. The van der Waals surface area contributed by atoms with Gasteiger partial charge in [-0.05, 0) is 112 Å². The van der Waals surface area contributed by atoms with E-state index >= 15 is 0 Å². The lowest BCUT2D eigenvalue weighted by atomic mass is 9.78. The van der Waals surface area contributed by atoms with Crippen molar-refractivity contribution >= 4 is 27.6 Å². The third kappa shape index (κ3) is 13.9. The number of carbonyl (C=O) groups excluding carboxylic acids is 2. The normalized spacial score (nSPS) is 30.9. The Morgan fingerprint density at radius 2 is 1.61 bits per heavy atom. The molecule has 3 rings (SSSR count). The van der Waals surface area contributed by atoms with Gasteiger partial charge in [-0.25, -0.2) is 13.1 Å². The van der Waals surface area contributed by atoms with Crippen molar-refractivity contribution in [1.82, 2.24) is 9.62 Å². The lowest BCUT2D eigenvalue weighted by Gasteiger charge is -2.48. The Bertz CT molecular complexity index is 1770. The molecule has 19 heteroatoms. The second-order valence-corrected chi connectivity index (χ2v) is 21.1. The molecule has 0 aliphatic carbocycles. The van der Waals surface area contributed by atoms with Crippen LogP contribution < -0.4 is 10.0 Å². The number of rotatable bonds is 22. The van der Waals surface area contributed by atoms with E-state index in [0.29, 0.717) is 5.69 Å². The highest BCUT2D eigenvalue weighted by atomic mass is 32.2. The highest BCUT2D eigenvalue weighted by Crippen LogP contribution is 2.39. The number of esters is 1. The zero-order valence-electron chi connectivity index (χ0n) is 40.5. The molecule has 370 valence electrons. The molecule has 2 fully saturated rings. The van der Waals surface area contributed by atoms with Crippen molar-refractivity contribution in [3.63, 3.8) is 0 Å². The molecule has 2 aliphatic heterocycles. The van der Waals surface area contributed by atoms with E-state index in [4.69, 9.17) is 28.4 Å².